The number of carbonyl (C=O) groups excluding carboxylic acids is 2. The van der Waals surface area contributed by atoms with Crippen LogP contribution in [0.5, 0.6) is 0 Å². The Balaban J connectivity index is 1.43. The zero-order valence-corrected chi connectivity index (χ0v) is 16.7. The van der Waals surface area contributed by atoms with Gasteiger partial charge in [-0.05, 0) is 31.9 Å². The maximum absolute atomic E-state index is 12.8. The number of likely N-dealkylation sites (tertiary alicyclic amines) is 1. The van der Waals surface area contributed by atoms with Gasteiger partial charge in [-0.25, -0.2) is 0 Å². The van der Waals surface area contributed by atoms with Crippen LogP contribution in [0.3, 0.4) is 0 Å². The number of aryl methyl sites for hydroxylation is 1. The summed E-state index contributed by atoms with van der Waals surface area (Å²) in [5.41, 5.74) is 1.27. The third-order valence-electron chi connectivity index (χ3n) is 6.52. The fourth-order valence-corrected chi connectivity index (χ4v) is 5.11. The Hall–Kier alpha value is -1.88. The number of hydrogen-bond acceptors (Lipinski definition) is 3. The first-order chi connectivity index (χ1) is 12.7. The predicted octanol–water partition coefficient (Wildman–Crippen LogP) is 2.78. The average molecular weight is 370 g/mol. The lowest BCUT2D eigenvalue weighted by Crippen LogP contribution is -2.41. The summed E-state index contributed by atoms with van der Waals surface area (Å²) in [7, 11) is 0. The van der Waals surface area contributed by atoms with Crippen LogP contribution in [-0.2, 0) is 9.53 Å². The van der Waals surface area contributed by atoms with Crippen molar-refractivity contribution in [3.63, 3.8) is 0 Å². The monoisotopic (exact) mass is 370 g/mol. The molecule has 146 valence electrons. The molecule has 3 aliphatic heterocycles. The van der Waals surface area contributed by atoms with E-state index in [2.05, 4.69) is 5.32 Å². The van der Waals surface area contributed by atoms with Crippen molar-refractivity contribution in [2.45, 2.75) is 52.2 Å². The number of nitrogens with zero attached hydrogens (tertiary/aromatic N) is 1. The normalized spacial score (nSPS) is 31.9. The molecule has 0 radical (unpaired) electrons. The van der Waals surface area contributed by atoms with Gasteiger partial charge in [-0.1, -0.05) is 38.5 Å². The summed E-state index contributed by atoms with van der Waals surface area (Å²) < 4.78 is 6.40. The van der Waals surface area contributed by atoms with E-state index < -0.39 is 0 Å². The number of rotatable bonds is 3. The van der Waals surface area contributed by atoms with Crippen LogP contribution in [0.4, 0.5) is 0 Å². The van der Waals surface area contributed by atoms with E-state index in [0.29, 0.717) is 24.6 Å². The zero-order chi connectivity index (χ0) is 19.4. The van der Waals surface area contributed by atoms with Gasteiger partial charge in [-0.2, -0.15) is 0 Å². The Kier molecular flexibility index (Phi) is 4.34. The second-order valence-corrected chi connectivity index (χ2v) is 9.54. The molecule has 1 spiro atoms. The Morgan fingerprint density at radius 2 is 1.96 bits per heavy atom. The maximum Gasteiger partial charge on any atom is 0.251 e. The van der Waals surface area contributed by atoms with Crippen LogP contribution in [0, 0.1) is 24.2 Å². The third kappa shape index (κ3) is 3.16. The molecule has 3 aliphatic rings. The lowest BCUT2D eigenvalue weighted by Gasteiger charge is -2.29. The van der Waals surface area contributed by atoms with E-state index in [4.69, 9.17) is 4.74 Å². The number of nitrogens with one attached hydrogen (secondary N) is 1. The summed E-state index contributed by atoms with van der Waals surface area (Å²) in [5.74, 6) is 0.764. The van der Waals surface area contributed by atoms with Gasteiger partial charge in [0.1, 0.15) is 0 Å². The highest BCUT2D eigenvalue weighted by molar-refractivity contribution is 5.94. The SMILES string of the molecule is Cc1ccc(C(=O)NC[C@H]2[C@H]3CN(C(=O)C(C)(C)C)C[C@]34CC[C@H]2O4)cc1. The van der Waals surface area contributed by atoms with Crippen LogP contribution in [-0.4, -0.2) is 48.1 Å². The predicted molar refractivity (Wildman–Crippen MR) is 103 cm³/mol. The molecule has 4 rings (SSSR count). The average Bonchev–Trinajstić information content (AvgIpc) is 3.27. The summed E-state index contributed by atoms with van der Waals surface area (Å²) in [6.07, 6.45) is 2.26. The van der Waals surface area contributed by atoms with Crippen molar-refractivity contribution in [1.82, 2.24) is 10.2 Å². The molecule has 2 amide bonds. The number of carbonyl (C=O) groups is 2. The molecular weight excluding hydrogens is 340 g/mol. The van der Waals surface area contributed by atoms with E-state index in [0.717, 1.165) is 24.9 Å². The highest BCUT2D eigenvalue weighted by atomic mass is 16.5. The first-order valence-corrected chi connectivity index (χ1v) is 10.0. The molecule has 0 aromatic heterocycles. The fraction of sp³-hybridized carbons (Fsp3) is 0.636. The van der Waals surface area contributed by atoms with Crippen LogP contribution in [0.2, 0.25) is 0 Å². The van der Waals surface area contributed by atoms with Gasteiger partial charge in [0.25, 0.3) is 5.91 Å². The second-order valence-electron chi connectivity index (χ2n) is 9.54. The van der Waals surface area contributed by atoms with E-state index in [1.807, 2.05) is 56.9 Å². The Labute approximate surface area is 161 Å². The highest BCUT2D eigenvalue weighted by Gasteiger charge is 2.63. The van der Waals surface area contributed by atoms with Crippen LogP contribution in [0.15, 0.2) is 24.3 Å². The van der Waals surface area contributed by atoms with Crippen LogP contribution in [0.1, 0.15) is 49.5 Å². The Morgan fingerprint density at radius 1 is 1.26 bits per heavy atom. The van der Waals surface area contributed by atoms with Gasteiger partial charge < -0.3 is 15.0 Å². The molecule has 5 heteroatoms. The molecule has 1 aromatic rings. The van der Waals surface area contributed by atoms with Crippen molar-refractivity contribution in [2.75, 3.05) is 19.6 Å². The number of ether oxygens (including phenoxy) is 1. The van der Waals surface area contributed by atoms with Crippen LogP contribution < -0.4 is 5.32 Å². The number of hydrogen-bond donors (Lipinski definition) is 1. The number of fused-ring (bicyclic) bond motifs is 1. The molecule has 0 unspecified atom stereocenters. The first-order valence-electron chi connectivity index (χ1n) is 10.0. The first kappa shape index (κ1) is 18.5. The fourth-order valence-electron chi connectivity index (χ4n) is 5.11. The summed E-state index contributed by atoms with van der Waals surface area (Å²) in [4.78, 5) is 27.2. The minimum absolute atomic E-state index is 0.0348. The molecule has 4 atom stereocenters. The number of amides is 2. The van der Waals surface area contributed by atoms with Gasteiger partial charge in [-0.15, -0.1) is 0 Å². The van der Waals surface area contributed by atoms with E-state index in [1.54, 1.807) is 0 Å². The lowest BCUT2D eigenvalue weighted by molar-refractivity contribution is -0.139. The van der Waals surface area contributed by atoms with Crippen molar-refractivity contribution in [3.8, 4) is 0 Å². The molecule has 27 heavy (non-hydrogen) atoms. The van der Waals surface area contributed by atoms with Crippen LogP contribution >= 0.6 is 0 Å². The molecule has 1 N–H and O–H groups in total. The standard InChI is InChI=1S/C22H30N2O3/c1-14-5-7-15(8-6-14)19(25)23-11-16-17-12-24(20(26)21(2,3)4)13-22(17)10-9-18(16)27-22/h5-8,16-18H,9-13H2,1-4H3,(H,23,25)/t16-,17+,18+,22+/m0/s1. The maximum atomic E-state index is 12.8. The minimum Gasteiger partial charge on any atom is -0.369 e. The lowest BCUT2D eigenvalue weighted by atomic mass is 9.73. The van der Waals surface area contributed by atoms with Crippen molar-refractivity contribution in [1.29, 1.82) is 0 Å². The summed E-state index contributed by atoms with van der Waals surface area (Å²) >= 11 is 0. The molecule has 3 fully saturated rings. The molecule has 5 nitrogen and oxygen atoms in total. The summed E-state index contributed by atoms with van der Waals surface area (Å²) in [6, 6.07) is 7.64. The molecular formula is C22H30N2O3. The summed E-state index contributed by atoms with van der Waals surface area (Å²) in [5, 5.41) is 3.11. The third-order valence-corrected chi connectivity index (χ3v) is 6.52. The van der Waals surface area contributed by atoms with Crippen molar-refractivity contribution in [3.05, 3.63) is 35.4 Å². The van der Waals surface area contributed by atoms with Gasteiger partial charge in [0.2, 0.25) is 5.91 Å². The van der Waals surface area contributed by atoms with Gasteiger partial charge >= 0.3 is 0 Å². The van der Waals surface area contributed by atoms with Gasteiger partial charge in [0.15, 0.2) is 0 Å². The molecule has 2 bridgehead atoms. The van der Waals surface area contributed by atoms with Crippen molar-refractivity contribution >= 4 is 11.8 Å². The molecule has 3 saturated heterocycles. The van der Waals surface area contributed by atoms with E-state index in [1.165, 1.54) is 0 Å². The zero-order valence-electron chi connectivity index (χ0n) is 16.7. The van der Waals surface area contributed by atoms with Crippen molar-refractivity contribution in [2.24, 2.45) is 17.3 Å². The molecule has 3 heterocycles. The van der Waals surface area contributed by atoms with Gasteiger partial charge in [-0.3, -0.25) is 9.59 Å². The second kappa shape index (κ2) is 6.33. The largest absolute Gasteiger partial charge is 0.369 e. The van der Waals surface area contributed by atoms with Crippen molar-refractivity contribution < 1.29 is 14.3 Å². The number of benzene rings is 1. The Bertz CT molecular complexity index is 752. The minimum atomic E-state index is -0.373. The molecule has 0 saturated carbocycles. The highest BCUT2D eigenvalue weighted by Crippen LogP contribution is 2.55. The smallest absolute Gasteiger partial charge is 0.251 e. The molecule has 0 aliphatic carbocycles. The Morgan fingerprint density at radius 3 is 2.63 bits per heavy atom. The van der Waals surface area contributed by atoms with E-state index in [-0.39, 0.29) is 34.9 Å². The topological polar surface area (TPSA) is 58.6 Å². The van der Waals surface area contributed by atoms with Gasteiger partial charge in [0, 0.05) is 35.9 Å². The van der Waals surface area contributed by atoms with E-state index in [9.17, 15) is 9.59 Å². The quantitative estimate of drug-likeness (QED) is 0.890. The summed E-state index contributed by atoms with van der Waals surface area (Å²) in [6.45, 7) is 9.99. The van der Waals surface area contributed by atoms with E-state index >= 15 is 0 Å². The van der Waals surface area contributed by atoms with Gasteiger partial charge in [0.05, 0.1) is 18.2 Å². The molecule has 1 aromatic carbocycles. The van der Waals surface area contributed by atoms with Crippen LogP contribution in [0.25, 0.3) is 0 Å².